The van der Waals surface area contributed by atoms with Gasteiger partial charge in [-0.1, -0.05) is 12.1 Å². The number of ether oxygens (including phenoxy) is 2. The van der Waals surface area contributed by atoms with Crippen molar-refractivity contribution in [1.82, 2.24) is 5.32 Å². The third-order valence-electron chi connectivity index (χ3n) is 4.24. The van der Waals surface area contributed by atoms with Gasteiger partial charge < -0.3 is 9.47 Å². The van der Waals surface area contributed by atoms with Crippen molar-refractivity contribution in [3.05, 3.63) is 59.2 Å². The highest BCUT2D eigenvalue weighted by atomic mass is 19.4. The van der Waals surface area contributed by atoms with Crippen molar-refractivity contribution in [1.29, 1.82) is 0 Å². The average Bonchev–Trinajstić information content (AvgIpc) is 3.12. The van der Waals surface area contributed by atoms with Crippen LogP contribution in [0.25, 0.3) is 6.08 Å². The zero-order chi connectivity index (χ0) is 20.8. The third-order valence-corrected chi connectivity index (χ3v) is 4.24. The van der Waals surface area contributed by atoms with Crippen LogP contribution >= 0.6 is 0 Å². The molecule has 2 heterocycles. The van der Waals surface area contributed by atoms with Crippen LogP contribution in [-0.4, -0.2) is 24.6 Å². The van der Waals surface area contributed by atoms with Crippen LogP contribution in [0.2, 0.25) is 0 Å². The molecule has 29 heavy (non-hydrogen) atoms. The summed E-state index contributed by atoms with van der Waals surface area (Å²) < 4.78 is 49.1. The first-order chi connectivity index (χ1) is 13.7. The quantitative estimate of drug-likeness (QED) is 0.614. The normalized spacial score (nSPS) is 17.7. The monoisotopic (exact) mass is 404 g/mol. The van der Waals surface area contributed by atoms with Gasteiger partial charge in [0.1, 0.15) is 5.57 Å². The van der Waals surface area contributed by atoms with E-state index in [1.807, 2.05) is 5.32 Å². The van der Waals surface area contributed by atoms with Gasteiger partial charge in [0, 0.05) is 6.07 Å². The third kappa shape index (κ3) is 3.40. The van der Waals surface area contributed by atoms with E-state index in [0.717, 1.165) is 24.3 Å². The minimum Gasteiger partial charge on any atom is -0.454 e. The van der Waals surface area contributed by atoms with Gasteiger partial charge in [-0.05, 0) is 35.9 Å². The van der Waals surface area contributed by atoms with Crippen LogP contribution in [0.4, 0.5) is 23.7 Å². The fraction of sp³-hybridized carbons (Fsp3) is 0.105. The van der Waals surface area contributed by atoms with Gasteiger partial charge in [-0.2, -0.15) is 13.2 Å². The smallest absolute Gasteiger partial charge is 0.416 e. The molecule has 2 aromatic rings. The summed E-state index contributed by atoms with van der Waals surface area (Å²) in [7, 11) is 0. The summed E-state index contributed by atoms with van der Waals surface area (Å²) in [4.78, 5) is 37.9. The summed E-state index contributed by atoms with van der Waals surface area (Å²) in [5, 5.41) is 2.01. The van der Waals surface area contributed by atoms with Crippen LogP contribution in [0.1, 0.15) is 11.1 Å². The molecule has 1 fully saturated rings. The summed E-state index contributed by atoms with van der Waals surface area (Å²) >= 11 is 0. The number of carbonyl (C=O) groups excluding carboxylic acids is 3. The first-order valence-corrected chi connectivity index (χ1v) is 8.22. The molecule has 0 atom stereocenters. The molecule has 0 spiro atoms. The molecule has 148 valence electrons. The average molecular weight is 404 g/mol. The summed E-state index contributed by atoms with van der Waals surface area (Å²) in [5.41, 5.74) is -1.32. The number of imide groups is 2. The number of amides is 4. The van der Waals surface area contributed by atoms with Crippen LogP contribution in [0.5, 0.6) is 11.5 Å². The molecular formula is C19H11F3N2O5. The summed E-state index contributed by atoms with van der Waals surface area (Å²) in [6.07, 6.45) is -3.58. The number of carbonyl (C=O) groups is 3. The van der Waals surface area contributed by atoms with Crippen molar-refractivity contribution in [2.24, 2.45) is 0 Å². The van der Waals surface area contributed by atoms with E-state index in [9.17, 15) is 27.6 Å². The molecule has 7 nitrogen and oxygen atoms in total. The van der Waals surface area contributed by atoms with Gasteiger partial charge in [-0.15, -0.1) is 0 Å². The molecule has 0 bridgehead atoms. The van der Waals surface area contributed by atoms with Crippen molar-refractivity contribution in [2.45, 2.75) is 6.18 Å². The fourth-order valence-electron chi connectivity index (χ4n) is 2.89. The first kappa shape index (κ1) is 18.5. The Balaban J connectivity index is 1.71. The second-order valence-corrected chi connectivity index (χ2v) is 6.12. The number of alkyl halides is 3. The zero-order valence-electron chi connectivity index (χ0n) is 14.4. The summed E-state index contributed by atoms with van der Waals surface area (Å²) in [5.74, 6) is -1.25. The number of benzene rings is 2. The molecule has 0 unspecified atom stereocenters. The van der Waals surface area contributed by atoms with Crippen LogP contribution in [0.15, 0.2) is 48.0 Å². The van der Waals surface area contributed by atoms with E-state index >= 15 is 0 Å². The van der Waals surface area contributed by atoms with Crippen LogP contribution in [0, 0.1) is 0 Å². The second kappa shape index (κ2) is 6.66. The maximum absolute atomic E-state index is 12.9. The number of barbiturate groups is 1. The van der Waals surface area contributed by atoms with Gasteiger partial charge in [0.15, 0.2) is 11.5 Å². The highest BCUT2D eigenvalue weighted by molar-refractivity contribution is 6.39. The Morgan fingerprint density at radius 3 is 2.52 bits per heavy atom. The number of nitrogens with one attached hydrogen (secondary N) is 1. The molecule has 0 aromatic heterocycles. The molecule has 0 aliphatic carbocycles. The molecule has 0 radical (unpaired) electrons. The van der Waals surface area contributed by atoms with E-state index in [1.165, 1.54) is 24.3 Å². The lowest BCUT2D eigenvalue weighted by molar-refractivity contribution is -0.137. The number of nitrogens with zero attached hydrogens (tertiary/aromatic N) is 1. The van der Waals surface area contributed by atoms with Gasteiger partial charge in [-0.3, -0.25) is 14.9 Å². The molecular weight excluding hydrogens is 393 g/mol. The first-order valence-electron chi connectivity index (χ1n) is 8.22. The van der Waals surface area contributed by atoms with Crippen LogP contribution in [0.3, 0.4) is 0 Å². The van der Waals surface area contributed by atoms with Gasteiger partial charge in [0.2, 0.25) is 6.79 Å². The van der Waals surface area contributed by atoms with Crippen LogP contribution in [-0.2, 0) is 15.8 Å². The molecule has 2 aromatic carbocycles. The van der Waals surface area contributed by atoms with Gasteiger partial charge in [0.05, 0.1) is 11.3 Å². The molecule has 2 aliphatic heterocycles. The lowest BCUT2D eigenvalue weighted by Crippen LogP contribution is -2.54. The zero-order valence-corrected chi connectivity index (χ0v) is 14.4. The maximum Gasteiger partial charge on any atom is 0.416 e. The molecule has 10 heteroatoms. The number of urea groups is 1. The summed E-state index contributed by atoms with van der Waals surface area (Å²) in [6, 6.07) is 7.44. The number of hydrogen-bond donors (Lipinski definition) is 1. The van der Waals surface area contributed by atoms with E-state index < -0.39 is 35.2 Å². The molecule has 0 saturated carbocycles. The van der Waals surface area contributed by atoms with Crippen molar-refractivity contribution in [3.8, 4) is 11.5 Å². The Hall–Kier alpha value is -3.82. The summed E-state index contributed by atoms with van der Waals surface area (Å²) in [6.45, 7) is -0.0158. The van der Waals surface area contributed by atoms with E-state index in [0.29, 0.717) is 16.4 Å². The number of fused-ring (bicyclic) bond motifs is 1. The van der Waals surface area contributed by atoms with E-state index in [2.05, 4.69) is 0 Å². The SMILES string of the molecule is O=C1NC(=O)N(c2ccc3c(c2)OCO3)C(=O)/C1=C/c1cccc(C(F)(F)F)c1. The maximum atomic E-state index is 12.9. The fourth-order valence-corrected chi connectivity index (χ4v) is 2.89. The predicted molar refractivity (Wildman–Crippen MR) is 93.0 cm³/mol. The molecule has 1 N–H and O–H groups in total. The Bertz CT molecular complexity index is 1080. The van der Waals surface area contributed by atoms with Crippen molar-refractivity contribution >= 4 is 29.6 Å². The largest absolute Gasteiger partial charge is 0.454 e. The predicted octanol–water partition coefficient (Wildman–Crippen LogP) is 3.10. The highest BCUT2D eigenvalue weighted by Gasteiger charge is 2.37. The van der Waals surface area contributed by atoms with Gasteiger partial charge in [-0.25, -0.2) is 9.69 Å². The van der Waals surface area contributed by atoms with E-state index in [-0.39, 0.29) is 18.0 Å². The van der Waals surface area contributed by atoms with E-state index in [4.69, 9.17) is 9.47 Å². The number of anilines is 1. The Labute approximate surface area is 161 Å². The highest BCUT2D eigenvalue weighted by Crippen LogP contribution is 2.36. The van der Waals surface area contributed by atoms with Gasteiger partial charge >= 0.3 is 12.2 Å². The molecule has 1 saturated heterocycles. The molecule has 4 amide bonds. The van der Waals surface area contributed by atoms with Gasteiger partial charge in [0.25, 0.3) is 11.8 Å². The van der Waals surface area contributed by atoms with Crippen LogP contribution < -0.4 is 19.7 Å². The lowest BCUT2D eigenvalue weighted by atomic mass is 10.0. The Morgan fingerprint density at radius 2 is 1.76 bits per heavy atom. The number of rotatable bonds is 2. The molecule has 4 rings (SSSR count). The van der Waals surface area contributed by atoms with E-state index in [1.54, 1.807) is 0 Å². The standard InChI is InChI=1S/C19H11F3N2O5/c20-19(21,22)11-3-1-2-10(6-11)7-13-16(25)23-18(27)24(17(13)26)12-4-5-14-15(8-12)29-9-28-14/h1-8H,9H2,(H,23,25,27)/b13-7+. The second-order valence-electron chi connectivity index (χ2n) is 6.12. The Kier molecular flexibility index (Phi) is 4.26. The number of hydrogen-bond acceptors (Lipinski definition) is 5. The minimum atomic E-state index is -4.58. The Morgan fingerprint density at radius 1 is 1.00 bits per heavy atom. The topological polar surface area (TPSA) is 84.9 Å². The number of halogens is 3. The minimum absolute atomic E-state index is 0.0155. The molecule has 2 aliphatic rings. The van der Waals surface area contributed by atoms with Crippen molar-refractivity contribution in [3.63, 3.8) is 0 Å². The van der Waals surface area contributed by atoms with Crippen molar-refractivity contribution in [2.75, 3.05) is 11.7 Å². The lowest BCUT2D eigenvalue weighted by Gasteiger charge is -2.26. The van der Waals surface area contributed by atoms with Crippen molar-refractivity contribution < 1.29 is 37.0 Å².